The second-order valence-electron chi connectivity index (χ2n) is 6.36. The molecule has 0 aromatic heterocycles. The number of carbonyl (C=O) groups excluding carboxylic acids is 2. The monoisotopic (exact) mass is 448 g/mol. The number of hydrogen-bond acceptors (Lipinski definition) is 7. The number of aliphatic carboxylic acids is 1. The van der Waals surface area contributed by atoms with Crippen molar-refractivity contribution in [2.45, 2.75) is 37.7 Å². The van der Waals surface area contributed by atoms with Crippen LogP contribution in [0.15, 0.2) is 16.6 Å². The molecule has 2 atom stereocenters. The number of carboxylic acid groups (broad SMARTS) is 1. The summed E-state index contributed by atoms with van der Waals surface area (Å²) in [5.41, 5.74) is 5.78. The van der Waals surface area contributed by atoms with Crippen LogP contribution in [0.25, 0.3) is 0 Å². The lowest BCUT2D eigenvalue weighted by atomic mass is 10.0. The maximum atomic E-state index is 11.9. The maximum Gasteiger partial charge on any atom is 0.408 e. The second-order valence-corrected chi connectivity index (χ2v) is 7.77. The summed E-state index contributed by atoms with van der Waals surface area (Å²) in [7, 11) is 1.23. The Morgan fingerprint density at radius 3 is 2.35 bits per heavy atom. The first-order chi connectivity index (χ1) is 11.9. The second kappa shape index (κ2) is 8.63. The van der Waals surface area contributed by atoms with E-state index in [1.165, 1.54) is 19.2 Å². The van der Waals surface area contributed by atoms with Crippen molar-refractivity contribution in [2.24, 2.45) is 0 Å². The third-order valence-electron chi connectivity index (χ3n) is 3.15. The number of ether oxygens (including phenoxy) is 2. The Labute approximate surface area is 164 Å². The molecule has 0 aliphatic rings. The lowest BCUT2D eigenvalue weighted by molar-refractivity contribution is -0.139. The van der Waals surface area contributed by atoms with Crippen LogP contribution in [0.5, 0.6) is 0 Å². The van der Waals surface area contributed by atoms with Gasteiger partial charge in [0.05, 0.1) is 17.9 Å². The van der Waals surface area contributed by atoms with Crippen LogP contribution < -0.4 is 11.1 Å². The summed E-state index contributed by atoms with van der Waals surface area (Å²) >= 11 is 7.52. The van der Waals surface area contributed by atoms with Gasteiger partial charge in [-0.25, -0.2) is 14.4 Å². The molecule has 10 heteroatoms. The van der Waals surface area contributed by atoms with Crippen molar-refractivity contribution >= 4 is 52.3 Å². The van der Waals surface area contributed by atoms with Gasteiger partial charge in [0.2, 0.25) is 0 Å². The van der Waals surface area contributed by atoms with Crippen LogP contribution in [-0.2, 0) is 14.3 Å². The van der Waals surface area contributed by atoms with Crippen LogP contribution >= 0.6 is 28.6 Å². The van der Waals surface area contributed by atoms with Crippen LogP contribution in [0.4, 0.5) is 10.5 Å². The van der Waals surface area contributed by atoms with Gasteiger partial charge in [-0.2, -0.15) is 12.6 Å². The van der Waals surface area contributed by atoms with Crippen molar-refractivity contribution < 1.29 is 29.0 Å². The summed E-state index contributed by atoms with van der Waals surface area (Å²) in [6.45, 7) is 4.96. The Morgan fingerprint density at radius 2 is 1.88 bits per heavy atom. The molecule has 0 spiro atoms. The van der Waals surface area contributed by atoms with Crippen LogP contribution in [0, 0.1) is 0 Å². The fourth-order valence-electron chi connectivity index (χ4n) is 2.02. The highest BCUT2D eigenvalue weighted by atomic mass is 79.9. The van der Waals surface area contributed by atoms with E-state index >= 15 is 0 Å². The highest BCUT2D eigenvalue weighted by molar-refractivity contribution is 9.10. The van der Waals surface area contributed by atoms with E-state index in [1.807, 2.05) is 0 Å². The van der Waals surface area contributed by atoms with Crippen molar-refractivity contribution in [3.05, 3.63) is 27.7 Å². The van der Waals surface area contributed by atoms with Gasteiger partial charge in [-0.1, -0.05) is 0 Å². The quantitative estimate of drug-likeness (QED) is 0.309. The predicted molar refractivity (Wildman–Crippen MR) is 102 cm³/mol. The van der Waals surface area contributed by atoms with Crippen molar-refractivity contribution in [1.82, 2.24) is 5.32 Å². The molecule has 0 heterocycles. The molecule has 1 amide bonds. The number of hydrogen-bond donors (Lipinski definition) is 4. The van der Waals surface area contributed by atoms with Crippen molar-refractivity contribution in [3.8, 4) is 0 Å². The minimum absolute atomic E-state index is 0.130. The number of carboxylic acids is 1. The molecule has 0 fully saturated rings. The standard InChI is InChI=1S/C16H21BrN2O6S/c1-16(2,3)25-15(23)19-11(13(20)21)12(26)8-5-9(17)7(6-10(8)18)14(22)24-4/h5-6,11-12,26H,18H2,1-4H3,(H,19,23)(H,20,21)/t11-,12?/m0/s1. The first-order valence-electron chi connectivity index (χ1n) is 7.45. The SMILES string of the molecule is COC(=O)c1cc(N)c(C(S)[C@H](NC(=O)OC(C)(C)C)C(=O)O)cc1Br. The number of nitrogens with two attached hydrogens (primary N) is 1. The zero-order valence-corrected chi connectivity index (χ0v) is 17.2. The Bertz CT molecular complexity index is 719. The Balaban J connectivity index is 3.15. The molecule has 0 aliphatic carbocycles. The Morgan fingerprint density at radius 1 is 1.31 bits per heavy atom. The summed E-state index contributed by atoms with van der Waals surface area (Å²) in [4.78, 5) is 35.2. The van der Waals surface area contributed by atoms with Gasteiger partial charge < -0.3 is 25.6 Å². The zero-order valence-electron chi connectivity index (χ0n) is 14.7. The first-order valence-corrected chi connectivity index (χ1v) is 8.76. The minimum atomic E-state index is -1.41. The zero-order chi connectivity index (χ0) is 20.2. The van der Waals surface area contributed by atoms with Crippen molar-refractivity contribution in [3.63, 3.8) is 0 Å². The number of esters is 1. The normalized spacial score (nSPS) is 13.5. The van der Waals surface area contributed by atoms with Gasteiger partial charge in [-0.3, -0.25) is 0 Å². The third-order valence-corrected chi connectivity index (χ3v) is 4.38. The molecule has 26 heavy (non-hydrogen) atoms. The highest BCUT2D eigenvalue weighted by Crippen LogP contribution is 2.34. The number of rotatable bonds is 5. The number of benzene rings is 1. The highest BCUT2D eigenvalue weighted by Gasteiger charge is 2.32. The summed E-state index contributed by atoms with van der Waals surface area (Å²) < 4.78 is 10.1. The fraction of sp³-hybridized carbons (Fsp3) is 0.438. The molecule has 0 bridgehead atoms. The molecule has 0 radical (unpaired) electrons. The first kappa shape index (κ1) is 22.1. The number of amides is 1. The average molecular weight is 449 g/mol. The molecular formula is C16H21BrN2O6S. The Kier molecular flexibility index (Phi) is 7.34. The van der Waals surface area contributed by atoms with Gasteiger partial charge in [0.1, 0.15) is 11.6 Å². The van der Waals surface area contributed by atoms with Gasteiger partial charge in [-0.15, -0.1) is 0 Å². The van der Waals surface area contributed by atoms with Crippen LogP contribution in [-0.4, -0.2) is 41.9 Å². The van der Waals surface area contributed by atoms with Crippen molar-refractivity contribution in [1.29, 1.82) is 0 Å². The Hall–Kier alpha value is -1.94. The van der Waals surface area contributed by atoms with Crippen LogP contribution in [0.2, 0.25) is 0 Å². The van der Waals surface area contributed by atoms with Gasteiger partial charge in [0, 0.05) is 10.2 Å². The lowest BCUT2D eigenvalue weighted by Crippen LogP contribution is -2.45. The molecule has 144 valence electrons. The molecule has 0 saturated heterocycles. The van der Waals surface area contributed by atoms with Gasteiger partial charge in [0.15, 0.2) is 0 Å². The third kappa shape index (κ3) is 5.80. The molecule has 8 nitrogen and oxygen atoms in total. The van der Waals surface area contributed by atoms with Crippen LogP contribution in [0.1, 0.15) is 41.9 Å². The van der Waals surface area contributed by atoms with Gasteiger partial charge >= 0.3 is 18.0 Å². The molecule has 0 saturated carbocycles. The molecule has 1 unspecified atom stereocenters. The lowest BCUT2D eigenvalue weighted by Gasteiger charge is -2.25. The van der Waals surface area contributed by atoms with E-state index < -0.39 is 34.9 Å². The largest absolute Gasteiger partial charge is 0.480 e. The van der Waals surface area contributed by atoms with Gasteiger partial charge in [-0.05, 0) is 54.4 Å². The van der Waals surface area contributed by atoms with E-state index in [9.17, 15) is 19.5 Å². The van der Waals surface area contributed by atoms with Crippen LogP contribution in [0.3, 0.4) is 0 Å². The number of nitrogen functional groups attached to an aromatic ring is 1. The molecule has 1 aromatic rings. The molecular weight excluding hydrogens is 428 g/mol. The van der Waals surface area contributed by atoms with Gasteiger partial charge in [0.25, 0.3) is 0 Å². The molecule has 0 aliphatic heterocycles. The van der Waals surface area contributed by atoms with E-state index in [-0.39, 0.29) is 11.3 Å². The van der Waals surface area contributed by atoms with E-state index in [4.69, 9.17) is 10.5 Å². The van der Waals surface area contributed by atoms with E-state index in [0.717, 1.165) is 0 Å². The minimum Gasteiger partial charge on any atom is -0.480 e. The van der Waals surface area contributed by atoms with E-state index in [0.29, 0.717) is 10.0 Å². The van der Waals surface area contributed by atoms with Crippen molar-refractivity contribution in [2.75, 3.05) is 12.8 Å². The maximum absolute atomic E-state index is 11.9. The summed E-state index contributed by atoms with van der Waals surface area (Å²) in [5.74, 6) is -1.92. The number of carbonyl (C=O) groups is 3. The fourth-order valence-corrected chi connectivity index (χ4v) is 2.97. The molecule has 1 aromatic carbocycles. The molecule has 4 N–H and O–H groups in total. The average Bonchev–Trinajstić information content (AvgIpc) is 2.51. The smallest absolute Gasteiger partial charge is 0.408 e. The van der Waals surface area contributed by atoms with E-state index in [2.05, 4.69) is 38.6 Å². The number of halogens is 1. The number of thiol groups is 1. The number of anilines is 1. The summed E-state index contributed by atoms with van der Waals surface area (Å²) in [6, 6.07) is 1.40. The number of nitrogens with one attached hydrogen (secondary N) is 1. The van der Waals surface area contributed by atoms with E-state index in [1.54, 1.807) is 20.8 Å². The molecule has 1 rings (SSSR count). The number of alkyl carbamates (subject to hydrolysis) is 1. The predicted octanol–water partition coefficient (Wildman–Crippen LogP) is 2.77. The topological polar surface area (TPSA) is 128 Å². The number of methoxy groups -OCH3 is 1. The summed E-state index contributed by atoms with van der Waals surface area (Å²) in [5, 5.41) is 10.7. The summed E-state index contributed by atoms with van der Waals surface area (Å²) in [6.07, 6.45) is -0.896.